The minimum Gasteiger partial charge on any atom is -0.493 e. The van der Waals surface area contributed by atoms with Crippen LogP contribution in [-0.4, -0.2) is 37.7 Å². The van der Waals surface area contributed by atoms with Gasteiger partial charge >= 0.3 is 5.97 Å². The number of aliphatic carboxylic acids is 1. The number of carbonyl (C=O) groups excluding carboxylic acids is 1. The van der Waals surface area contributed by atoms with E-state index in [1.165, 1.54) is 14.2 Å². The smallest absolute Gasteiger partial charge is 0.313 e. The lowest BCUT2D eigenvalue weighted by Crippen LogP contribution is -2.39. The number of hydrogen-bond donors (Lipinski definition) is 1. The van der Waals surface area contributed by atoms with Crippen molar-refractivity contribution in [3.05, 3.63) is 41.5 Å². The number of carbonyl (C=O) groups is 2. The van der Waals surface area contributed by atoms with E-state index >= 15 is 0 Å². The van der Waals surface area contributed by atoms with Crippen LogP contribution in [-0.2, 0) is 11.2 Å². The molecule has 30 heavy (non-hydrogen) atoms. The number of carboxylic acids is 1. The fraction of sp³-hybridized carbons (Fsp3) is 0.417. The maximum absolute atomic E-state index is 12.2. The third-order valence-corrected chi connectivity index (χ3v) is 6.15. The van der Waals surface area contributed by atoms with Crippen LogP contribution >= 0.6 is 0 Å². The van der Waals surface area contributed by atoms with Crippen LogP contribution in [0.4, 0.5) is 0 Å². The molecule has 1 atom stereocenters. The monoisotopic (exact) mass is 412 g/mol. The summed E-state index contributed by atoms with van der Waals surface area (Å²) in [5.41, 5.74) is 2.25. The molecule has 0 aliphatic heterocycles. The van der Waals surface area contributed by atoms with Gasteiger partial charge in [-0.1, -0.05) is 32.0 Å². The number of Topliss-reactive ketones (excluding diaryl/α,β-unsaturated/α-hetero) is 1. The van der Waals surface area contributed by atoms with Crippen LogP contribution in [0.5, 0.6) is 17.2 Å². The number of benzene rings is 2. The predicted molar refractivity (Wildman–Crippen MR) is 114 cm³/mol. The van der Waals surface area contributed by atoms with E-state index in [0.717, 1.165) is 22.3 Å². The Morgan fingerprint density at radius 2 is 1.73 bits per heavy atom. The number of methoxy groups -OCH3 is 2. The Hall–Kier alpha value is -3.02. The largest absolute Gasteiger partial charge is 0.493 e. The molecule has 6 heteroatoms. The highest BCUT2D eigenvalue weighted by molar-refractivity contribution is 6.02. The number of hydrogen-bond acceptors (Lipinski definition) is 5. The van der Waals surface area contributed by atoms with Gasteiger partial charge in [-0.05, 0) is 42.5 Å². The molecule has 1 N–H and O–H groups in total. The zero-order valence-electron chi connectivity index (χ0n) is 18.1. The van der Waals surface area contributed by atoms with E-state index in [1.807, 2.05) is 38.1 Å². The molecule has 160 valence electrons. The molecule has 0 fully saturated rings. The van der Waals surface area contributed by atoms with Crippen molar-refractivity contribution in [2.24, 2.45) is 11.3 Å². The quantitative estimate of drug-likeness (QED) is 0.681. The van der Waals surface area contributed by atoms with Crippen molar-refractivity contribution in [1.29, 1.82) is 0 Å². The Balaban J connectivity index is 2.15. The summed E-state index contributed by atoms with van der Waals surface area (Å²) >= 11 is 0. The van der Waals surface area contributed by atoms with Crippen LogP contribution in [0.2, 0.25) is 0 Å². The van der Waals surface area contributed by atoms with Crippen LogP contribution in [0, 0.1) is 11.3 Å². The van der Waals surface area contributed by atoms with Crippen molar-refractivity contribution < 1.29 is 28.9 Å². The first-order valence-electron chi connectivity index (χ1n) is 10.0. The second-order valence-corrected chi connectivity index (χ2v) is 8.10. The van der Waals surface area contributed by atoms with Crippen LogP contribution in [0.25, 0.3) is 11.1 Å². The van der Waals surface area contributed by atoms with Crippen molar-refractivity contribution in [2.75, 3.05) is 20.8 Å². The number of carboxylic acid groups (broad SMARTS) is 1. The Morgan fingerprint density at radius 3 is 2.33 bits per heavy atom. The lowest BCUT2D eigenvalue weighted by atomic mass is 9.80. The molecule has 0 aromatic heterocycles. The van der Waals surface area contributed by atoms with Gasteiger partial charge in [-0.3, -0.25) is 9.59 Å². The molecule has 1 aliphatic carbocycles. The highest BCUT2D eigenvalue weighted by atomic mass is 16.5. The van der Waals surface area contributed by atoms with E-state index in [9.17, 15) is 14.7 Å². The molecule has 2 aromatic rings. The van der Waals surface area contributed by atoms with E-state index in [1.54, 1.807) is 13.0 Å². The van der Waals surface area contributed by atoms with Gasteiger partial charge < -0.3 is 19.3 Å². The lowest BCUT2D eigenvalue weighted by molar-refractivity contribution is -0.152. The van der Waals surface area contributed by atoms with Gasteiger partial charge in [0.25, 0.3) is 0 Å². The Kier molecular flexibility index (Phi) is 6.06. The molecule has 6 nitrogen and oxygen atoms in total. The van der Waals surface area contributed by atoms with E-state index in [0.29, 0.717) is 30.1 Å². The maximum atomic E-state index is 12.2. The fourth-order valence-corrected chi connectivity index (χ4v) is 3.69. The molecule has 3 rings (SSSR count). The summed E-state index contributed by atoms with van der Waals surface area (Å²) in [4.78, 5) is 24.2. The summed E-state index contributed by atoms with van der Waals surface area (Å²) in [7, 11) is 3.06. The van der Waals surface area contributed by atoms with Gasteiger partial charge in [0, 0.05) is 17.5 Å². The Bertz CT molecular complexity index is 978. The SMILES string of the molecule is COc1ccc(-c2cccc3c2CCC3=O)c(OC[C@](C)(C(=O)O)C(C)C)c1OC. The fourth-order valence-electron chi connectivity index (χ4n) is 3.69. The average molecular weight is 412 g/mol. The summed E-state index contributed by atoms with van der Waals surface area (Å²) in [6.45, 7) is 5.35. The van der Waals surface area contributed by atoms with Gasteiger partial charge in [-0.25, -0.2) is 0 Å². The third-order valence-electron chi connectivity index (χ3n) is 6.15. The van der Waals surface area contributed by atoms with Crippen molar-refractivity contribution in [2.45, 2.75) is 33.6 Å². The maximum Gasteiger partial charge on any atom is 0.313 e. The zero-order chi connectivity index (χ0) is 22.1. The molecule has 0 unspecified atom stereocenters. The molecular formula is C24H28O6. The molecule has 0 radical (unpaired) electrons. The molecule has 1 aliphatic rings. The van der Waals surface area contributed by atoms with E-state index < -0.39 is 11.4 Å². The van der Waals surface area contributed by atoms with Gasteiger partial charge in [0.1, 0.15) is 12.0 Å². The van der Waals surface area contributed by atoms with Crippen LogP contribution in [0.1, 0.15) is 43.1 Å². The molecule has 0 spiro atoms. The highest BCUT2D eigenvalue weighted by Gasteiger charge is 2.38. The van der Waals surface area contributed by atoms with Crippen LogP contribution in [0.3, 0.4) is 0 Å². The summed E-state index contributed by atoms with van der Waals surface area (Å²) in [5.74, 6) is 0.362. The first kappa shape index (κ1) is 21.7. The third kappa shape index (κ3) is 3.62. The molecule has 0 heterocycles. The van der Waals surface area contributed by atoms with Gasteiger partial charge in [0.15, 0.2) is 17.3 Å². The summed E-state index contributed by atoms with van der Waals surface area (Å²) < 4.78 is 17.2. The van der Waals surface area contributed by atoms with Gasteiger partial charge in [-0.15, -0.1) is 0 Å². The topological polar surface area (TPSA) is 82.1 Å². The van der Waals surface area contributed by atoms with Crippen molar-refractivity contribution >= 4 is 11.8 Å². The number of ether oxygens (including phenoxy) is 3. The molecule has 0 bridgehead atoms. The van der Waals surface area contributed by atoms with E-state index in [4.69, 9.17) is 14.2 Å². The average Bonchev–Trinajstić information content (AvgIpc) is 3.11. The predicted octanol–water partition coefficient (Wildman–Crippen LogP) is 4.63. The Morgan fingerprint density at radius 1 is 1.03 bits per heavy atom. The zero-order valence-corrected chi connectivity index (χ0v) is 18.1. The van der Waals surface area contributed by atoms with Gasteiger partial charge in [-0.2, -0.15) is 0 Å². The second-order valence-electron chi connectivity index (χ2n) is 8.10. The minimum absolute atomic E-state index is 0.0372. The van der Waals surface area contributed by atoms with Gasteiger partial charge in [0.05, 0.1) is 14.2 Å². The van der Waals surface area contributed by atoms with Crippen molar-refractivity contribution in [1.82, 2.24) is 0 Å². The molecule has 2 aromatic carbocycles. The molecular weight excluding hydrogens is 384 g/mol. The first-order valence-corrected chi connectivity index (χ1v) is 10.0. The highest BCUT2D eigenvalue weighted by Crippen LogP contribution is 2.47. The molecule has 0 amide bonds. The van der Waals surface area contributed by atoms with Crippen molar-refractivity contribution in [3.8, 4) is 28.4 Å². The van der Waals surface area contributed by atoms with E-state index in [-0.39, 0.29) is 18.3 Å². The second kappa shape index (κ2) is 8.38. The minimum atomic E-state index is -1.08. The number of fused-ring (bicyclic) bond motifs is 1. The molecule has 0 saturated carbocycles. The number of rotatable bonds is 8. The lowest BCUT2D eigenvalue weighted by Gasteiger charge is -2.30. The number of ketones is 1. The van der Waals surface area contributed by atoms with Gasteiger partial charge in [0.2, 0.25) is 5.75 Å². The Labute approximate surface area is 176 Å². The van der Waals surface area contributed by atoms with E-state index in [2.05, 4.69) is 0 Å². The van der Waals surface area contributed by atoms with Crippen molar-refractivity contribution in [3.63, 3.8) is 0 Å². The summed E-state index contributed by atoms with van der Waals surface area (Å²) in [6.07, 6.45) is 1.15. The van der Waals surface area contributed by atoms with Crippen LogP contribution in [0.15, 0.2) is 30.3 Å². The molecule has 0 saturated heterocycles. The summed E-state index contributed by atoms with van der Waals surface area (Å²) in [6, 6.07) is 9.30. The normalized spacial score (nSPS) is 14.9. The summed E-state index contributed by atoms with van der Waals surface area (Å²) in [5, 5.41) is 9.78. The standard InChI is InChI=1S/C24H28O6/c1-14(2)24(3,23(26)27)13-30-21-18(10-12-20(28-4)22(21)29-5)15-7-6-8-17-16(15)9-11-19(17)25/h6-8,10,12,14H,9,11,13H2,1-5H3,(H,26,27)/t24-/m0/s1. The van der Waals surface area contributed by atoms with Crippen LogP contribution < -0.4 is 14.2 Å². The first-order chi connectivity index (χ1) is 14.2.